The SMILES string of the molecule is NC(=O)C12CC3CC(C1)C(NC(=O)CN1CCN(c4c(Cl)cc(Cl)cc4Cl)S1(O)O)C(C3)C2. The Kier molecular flexibility index (Phi) is 6.00. The van der Waals surface area contributed by atoms with Crippen LogP contribution in [-0.2, 0) is 9.59 Å². The molecule has 33 heavy (non-hydrogen) atoms. The zero-order chi connectivity index (χ0) is 23.7. The largest absolute Gasteiger partial charge is 0.369 e. The highest BCUT2D eigenvalue weighted by Gasteiger charge is 2.58. The molecule has 12 heteroatoms. The summed E-state index contributed by atoms with van der Waals surface area (Å²) in [5, 5.41) is 3.89. The maximum absolute atomic E-state index is 13.0. The Balaban J connectivity index is 1.26. The number of benzene rings is 1. The second-order valence-corrected chi connectivity index (χ2v) is 13.1. The molecule has 8 nitrogen and oxygen atoms in total. The molecule has 2 atom stereocenters. The molecule has 2 unspecified atom stereocenters. The minimum absolute atomic E-state index is 0.0119. The molecule has 0 aromatic heterocycles. The van der Waals surface area contributed by atoms with Gasteiger partial charge in [0.25, 0.3) is 0 Å². The first-order chi connectivity index (χ1) is 15.5. The predicted molar refractivity (Wildman–Crippen MR) is 130 cm³/mol. The van der Waals surface area contributed by atoms with Crippen molar-refractivity contribution in [1.29, 1.82) is 0 Å². The van der Waals surface area contributed by atoms with Crippen molar-refractivity contribution in [2.75, 3.05) is 23.9 Å². The average molecular weight is 538 g/mol. The molecule has 1 saturated heterocycles. The quantitative estimate of drug-likeness (QED) is 0.448. The van der Waals surface area contributed by atoms with Crippen LogP contribution in [-0.4, -0.2) is 50.9 Å². The molecular formula is C21H27Cl3N4O4S. The molecular weight excluding hydrogens is 511 g/mol. The third kappa shape index (κ3) is 3.99. The molecule has 5 fully saturated rings. The lowest BCUT2D eigenvalue weighted by Gasteiger charge is -2.58. The van der Waals surface area contributed by atoms with E-state index >= 15 is 0 Å². The van der Waals surface area contributed by atoms with Gasteiger partial charge in [-0.3, -0.25) is 23.0 Å². The number of rotatable bonds is 5. The van der Waals surface area contributed by atoms with Gasteiger partial charge in [0.05, 0.1) is 28.8 Å². The van der Waals surface area contributed by atoms with E-state index in [1.54, 1.807) is 0 Å². The molecule has 182 valence electrons. The Labute approximate surface area is 209 Å². The first-order valence-electron chi connectivity index (χ1n) is 11.0. The van der Waals surface area contributed by atoms with Gasteiger partial charge in [-0.1, -0.05) is 34.8 Å². The number of anilines is 1. The molecule has 0 spiro atoms. The number of amides is 2. The van der Waals surface area contributed by atoms with Crippen molar-refractivity contribution >= 4 is 63.3 Å². The summed E-state index contributed by atoms with van der Waals surface area (Å²) in [7, 11) is -3.48. The van der Waals surface area contributed by atoms with Crippen molar-refractivity contribution < 1.29 is 18.7 Å². The number of nitrogens with zero attached hydrogens (tertiary/aromatic N) is 2. The van der Waals surface area contributed by atoms with E-state index in [2.05, 4.69) is 5.32 Å². The Morgan fingerprint density at radius 3 is 2.27 bits per heavy atom. The van der Waals surface area contributed by atoms with Gasteiger partial charge in [-0.2, -0.15) is 4.31 Å². The lowest BCUT2D eigenvalue weighted by atomic mass is 9.47. The zero-order valence-corrected chi connectivity index (χ0v) is 20.9. The van der Waals surface area contributed by atoms with Crippen molar-refractivity contribution in [3.63, 3.8) is 0 Å². The van der Waals surface area contributed by atoms with Crippen LogP contribution < -0.4 is 15.4 Å². The predicted octanol–water partition coefficient (Wildman–Crippen LogP) is 4.15. The van der Waals surface area contributed by atoms with Crippen LogP contribution in [0.15, 0.2) is 12.1 Å². The molecule has 5 N–H and O–H groups in total. The first kappa shape index (κ1) is 23.8. The second kappa shape index (κ2) is 8.33. The van der Waals surface area contributed by atoms with Crippen LogP contribution in [0.1, 0.15) is 32.1 Å². The number of carbonyl (C=O) groups is 2. The lowest BCUT2D eigenvalue weighted by molar-refractivity contribution is -0.147. The Morgan fingerprint density at radius 2 is 1.70 bits per heavy atom. The molecule has 1 heterocycles. The number of hydrogen-bond donors (Lipinski definition) is 4. The molecule has 4 saturated carbocycles. The number of nitrogens with one attached hydrogen (secondary N) is 1. The summed E-state index contributed by atoms with van der Waals surface area (Å²) >= 11 is 18.5. The standard InChI is InChI=1S/C21H27Cl3N4O4S/c22-14-5-15(23)19(16(24)6-14)28-2-1-27(33(28,31)32)10-17(29)26-18-12-3-11-4-13(18)9-21(7-11,8-12)20(25)30/h5-6,11-13,18,31-32H,1-4,7-10H2,(H2,25,30)(H,26,29). The van der Waals surface area contributed by atoms with E-state index in [0.29, 0.717) is 10.9 Å². The van der Waals surface area contributed by atoms with Crippen LogP contribution in [0.2, 0.25) is 15.1 Å². The number of hydrogen-bond acceptors (Lipinski definition) is 6. The highest BCUT2D eigenvalue weighted by molar-refractivity contribution is 8.23. The number of halogens is 3. The normalized spacial score (nSPS) is 35.6. The van der Waals surface area contributed by atoms with Gasteiger partial charge in [-0.05, 0) is 73.0 Å². The number of nitrogens with two attached hydrogens (primary N) is 1. The van der Waals surface area contributed by atoms with Crippen molar-refractivity contribution in [2.45, 2.75) is 38.1 Å². The van der Waals surface area contributed by atoms with E-state index in [4.69, 9.17) is 40.5 Å². The molecule has 1 aromatic rings. The zero-order valence-electron chi connectivity index (χ0n) is 17.8. The summed E-state index contributed by atoms with van der Waals surface area (Å²) in [5.74, 6) is 0.480. The topological polar surface area (TPSA) is 119 Å². The molecule has 4 bridgehead atoms. The summed E-state index contributed by atoms with van der Waals surface area (Å²) in [6.07, 6.45) is 4.31. The molecule has 1 aromatic carbocycles. The van der Waals surface area contributed by atoms with E-state index < -0.39 is 16.4 Å². The van der Waals surface area contributed by atoms with Crippen LogP contribution in [0.4, 0.5) is 5.69 Å². The lowest BCUT2D eigenvalue weighted by Crippen LogP contribution is -2.62. The van der Waals surface area contributed by atoms with Gasteiger partial charge in [0.15, 0.2) is 0 Å². The maximum atomic E-state index is 13.0. The summed E-state index contributed by atoms with van der Waals surface area (Å²) in [6.45, 7) is 0.339. The Morgan fingerprint density at radius 1 is 1.09 bits per heavy atom. The van der Waals surface area contributed by atoms with Gasteiger partial charge in [-0.25, -0.2) is 0 Å². The van der Waals surface area contributed by atoms with Gasteiger partial charge in [-0.15, -0.1) is 0 Å². The molecule has 2 amide bonds. The summed E-state index contributed by atoms with van der Waals surface area (Å²) in [4.78, 5) is 25.1. The van der Waals surface area contributed by atoms with E-state index in [0.717, 1.165) is 32.1 Å². The minimum atomic E-state index is -3.48. The van der Waals surface area contributed by atoms with E-state index in [1.807, 2.05) is 0 Å². The van der Waals surface area contributed by atoms with Crippen molar-refractivity contribution in [3.8, 4) is 0 Å². The molecule has 5 aliphatic rings. The van der Waals surface area contributed by atoms with E-state index in [-0.39, 0.29) is 65.1 Å². The highest BCUT2D eigenvalue weighted by Crippen LogP contribution is 2.60. The van der Waals surface area contributed by atoms with Crippen molar-refractivity contribution in [3.05, 3.63) is 27.2 Å². The van der Waals surface area contributed by atoms with Crippen molar-refractivity contribution in [1.82, 2.24) is 9.62 Å². The number of primary amides is 1. The molecule has 4 aliphatic carbocycles. The molecule has 0 radical (unpaired) electrons. The first-order valence-corrected chi connectivity index (χ1v) is 13.6. The minimum Gasteiger partial charge on any atom is -0.369 e. The van der Waals surface area contributed by atoms with Gasteiger partial charge >= 0.3 is 0 Å². The van der Waals surface area contributed by atoms with Crippen LogP contribution in [0.5, 0.6) is 0 Å². The Hall–Kier alpha value is -0.940. The number of carbonyl (C=O) groups excluding carboxylic acids is 2. The second-order valence-electron chi connectivity index (χ2n) is 9.88. The third-order valence-corrected chi connectivity index (χ3v) is 10.6. The summed E-state index contributed by atoms with van der Waals surface area (Å²) in [6, 6.07) is 2.96. The van der Waals surface area contributed by atoms with Gasteiger partial charge in [0.2, 0.25) is 11.8 Å². The average Bonchev–Trinajstić information content (AvgIpc) is 2.97. The third-order valence-electron chi connectivity index (χ3n) is 7.87. The van der Waals surface area contributed by atoms with Gasteiger partial charge < -0.3 is 11.1 Å². The van der Waals surface area contributed by atoms with E-state index in [9.17, 15) is 18.7 Å². The highest BCUT2D eigenvalue weighted by atomic mass is 35.5. The smallest absolute Gasteiger partial charge is 0.236 e. The monoisotopic (exact) mass is 536 g/mol. The Bertz CT molecular complexity index is 973. The summed E-state index contributed by atoms with van der Waals surface area (Å²) < 4.78 is 24.6. The van der Waals surface area contributed by atoms with Crippen molar-refractivity contribution in [2.24, 2.45) is 28.9 Å². The van der Waals surface area contributed by atoms with Gasteiger partial charge in [0, 0.05) is 23.0 Å². The molecule has 6 rings (SSSR count). The fourth-order valence-corrected chi connectivity index (χ4v) is 9.50. The van der Waals surface area contributed by atoms with Crippen LogP contribution in [0.3, 0.4) is 0 Å². The van der Waals surface area contributed by atoms with E-state index in [1.165, 1.54) is 20.7 Å². The maximum Gasteiger partial charge on any atom is 0.236 e. The van der Waals surface area contributed by atoms with Crippen LogP contribution in [0.25, 0.3) is 0 Å². The van der Waals surface area contributed by atoms with Gasteiger partial charge in [0.1, 0.15) is 0 Å². The summed E-state index contributed by atoms with van der Waals surface area (Å²) in [5.41, 5.74) is 5.62. The fourth-order valence-electron chi connectivity index (χ4n) is 6.71. The van der Waals surface area contributed by atoms with Crippen LogP contribution >= 0.6 is 45.8 Å². The molecule has 1 aliphatic heterocycles. The van der Waals surface area contributed by atoms with Crippen LogP contribution in [0, 0.1) is 23.2 Å². The fraction of sp³-hybridized carbons (Fsp3) is 0.619.